The summed E-state index contributed by atoms with van der Waals surface area (Å²) in [7, 11) is 0. The van der Waals surface area contributed by atoms with Gasteiger partial charge >= 0.3 is 0 Å². The fourth-order valence-corrected chi connectivity index (χ4v) is 18.9. The molecule has 346 valence electrons. The second kappa shape index (κ2) is 20.3. The van der Waals surface area contributed by atoms with Crippen molar-refractivity contribution in [1.82, 2.24) is 26.2 Å². The zero-order valence-electron chi connectivity index (χ0n) is 39.6. The summed E-state index contributed by atoms with van der Waals surface area (Å²) in [5.74, 6) is 11.3. The fourth-order valence-electron chi connectivity index (χ4n) is 18.9. The molecule has 0 radical (unpaired) electrons. The van der Waals surface area contributed by atoms with Crippen molar-refractivity contribution in [3.05, 3.63) is 0 Å². The van der Waals surface area contributed by atoms with E-state index in [1.807, 2.05) is 0 Å². The first-order chi connectivity index (χ1) is 30.2. The monoisotopic (exact) mass is 840 g/mol. The lowest BCUT2D eigenvalue weighted by molar-refractivity contribution is -0.0457. The van der Waals surface area contributed by atoms with Crippen molar-refractivity contribution in [2.45, 2.75) is 267 Å². The Labute approximate surface area is 376 Å². The molecule has 0 spiro atoms. The van der Waals surface area contributed by atoms with E-state index in [1.54, 1.807) is 51.4 Å². The van der Waals surface area contributed by atoms with E-state index in [0.29, 0.717) is 12.3 Å². The molecule has 4 aliphatic heterocycles. The van der Waals surface area contributed by atoms with Crippen LogP contribution in [0.15, 0.2) is 0 Å². The van der Waals surface area contributed by atoms with Gasteiger partial charge in [-0.3, -0.25) is 26.2 Å². The van der Waals surface area contributed by atoms with E-state index in [2.05, 4.69) is 26.2 Å². The zero-order valence-corrected chi connectivity index (χ0v) is 39.6. The molecule has 5 nitrogen and oxygen atoms in total. The quantitative estimate of drug-likeness (QED) is 0.196. The largest absolute Gasteiger partial charge is 0.300 e. The number of rotatable bonds is 8. The van der Waals surface area contributed by atoms with E-state index in [-0.39, 0.29) is 0 Å². The highest BCUT2D eigenvalue weighted by Gasteiger charge is 2.49. The van der Waals surface area contributed by atoms with Crippen LogP contribution in [0.2, 0.25) is 0 Å². The van der Waals surface area contributed by atoms with Gasteiger partial charge in [0.1, 0.15) is 0 Å². The Kier molecular flexibility index (Phi) is 14.5. The van der Waals surface area contributed by atoms with Gasteiger partial charge in [0.05, 0.1) is 12.3 Å². The number of hydrogen-bond donors (Lipinski definition) is 4. The molecule has 0 aromatic carbocycles. The maximum absolute atomic E-state index is 4.56. The molecule has 8 unspecified atom stereocenters. The standard InChI is InChI=1S/C56H97N5/c1-5-15-40(16-6-1)50-36-51(41-17-7-2-8-18-41)58-55(57-50)48-33-47(39-27-25-38(26-28-39)46-31-44-23-13-29-61-30-14-24-45(32-46)54(44)61)34-49(35-48)56-59-52(42-19-9-3-10-20-42)37-53(60-56)43-21-11-4-12-22-43/h38-60H,1-37H2. The molecule has 11 aliphatic rings. The summed E-state index contributed by atoms with van der Waals surface area (Å²) in [6.45, 7) is 2.83. The first-order valence-corrected chi connectivity index (χ1v) is 29.0. The smallest absolute Gasteiger partial charge is 0.0605 e. The van der Waals surface area contributed by atoms with Crippen molar-refractivity contribution < 1.29 is 0 Å². The van der Waals surface area contributed by atoms with Crippen LogP contribution < -0.4 is 21.3 Å². The lowest BCUT2D eigenvalue weighted by Gasteiger charge is -2.55. The predicted octanol–water partition coefficient (Wildman–Crippen LogP) is 12.3. The Balaban J connectivity index is 0.831. The summed E-state index contributed by atoms with van der Waals surface area (Å²) < 4.78 is 0. The fraction of sp³-hybridized carbons (Fsp3) is 1.00. The van der Waals surface area contributed by atoms with Crippen molar-refractivity contribution in [2.75, 3.05) is 13.1 Å². The van der Waals surface area contributed by atoms with Gasteiger partial charge in [-0.2, -0.15) is 0 Å². The molecule has 4 saturated heterocycles. The molecule has 0 aromatic heterocycles. The maximum Gasteiger partial charge on any atom is 0.0605 e. The first-order valence-electron chi connectivity index (χ1n) is 29.0. The molecule has 7 saturated carbocycles. The molecule has 8 atom stereocenters. The Morgan fingerprint density at radius 3 is 0.869 bits per heavy atom. The molecular weight excluding hydrogens is 743 g/mol. The van der Waals surface area contributed by atoms with Crippen LogP contribution >= 0.6 is 0 Å². The maximum atomic E-state index is 4.56. The average molecular weight is 840 g/mol. The summed E-state index contributed by atoms with van der Waals surface area (Å²) in [6, 6.07) is 3.98. The van der Waals surface area contributed by atoms with Gasteiger partial charge in [-0.05, 0) is 232 Å². The minimum atomic E-state index is 0.529. The minimum absolute atomic E-state index is 0.529. The Morgan fingerprint density at radius 1 is 0.230 bits per heavy atom. The van der Waals surface area contributed by atoms with Crippen LogP contribution in [0.5, 0.6) is 0 Å². The van der Waals surface area contributed by atoms with E-state index >= 15 is 0 Å². The van der Waals surface area contributed by atoms with Crippen molar-refractivity contribution in [2.24, 2.45) is 71.0 Å². The van der Waals surface area contributed by atoms with Crippen molar-refractivity contribution in [3.8, 4) is 0 Å². The lowest BCUT2D eigenvalue weighted by atomic mass is 9.59. The van der Waals surface area contributed by atoms with E-state index in [4.69, 9.17) is 0 Å². The molecule has 4 heterocycles. The molecule has 11 fully saturated rings. The number of piperidine rings is 2. The lowest BCUT2D eigenvalue weighted by Crippen LogP contribution is -2.67. The van der Waals surface area contributed by atoms with Gasteiger partial charge in [-0.15, -0.1) is 0 Å². The van der Waals surface area contributed by atoms with E-state index in [1.165, 1.54) is 186 Å². The van der Waals surface area contributed by atoms with Crippen molar-refractivity contribution >= 4 is 0 Å². The molecule has 7 aliphatic carbocycles. The second-order valence-corrected chi connectivity index (χ2v) is 25.3. The predicted molar refractivity (Wildman–Crippen MR) is 254 cm³/mol. The Bertz CT molecular complexity index is 1200. The molecule has 0 bridgehead atoms. The van der Waals surface area contributed by atoms with Crippen LogP contribution in [0.25, 0.3) is 0 Å². The number of hydrogen-bond acceptors (Lipinski definition) is 5. The first kappa shape index (κ1) is 43.4. The van der Waals surface area contributed by atoms with Gasteiger partial charge in [0.25, 0.3) is 0 Å². The Morgan fingerprint density at radius 2 is 0.525 bits per heavy atom. The summed E-state index contributed by atoms with van der Waals surface area (Å²) in [6.07, 6.45) is 53.5. The van der Waals surface area contributed by atoms with Gasteiger partial charge in [-0.1, -0.05) is 77.0 Å². The van der Waals surface area contributed by atoms with Crippen LogP contribution in [0.3, 0.4) is 0 Å². The highest BCUT2D eigenvalue weighted by Crippen LogP contribution is 2.53. The van der Waals surface area contributed by atoms with E-state index in [9.17, 15) is 0 Å². The van der Waals surface area contributed by atoms with Crippen molar-refractivity contribution in [1.29, 1.82) is 0 Å². The summed E-state index contributed by atoms with van der Waals surface area (Å²) in [4.78, 5) is 2.97. The summed E-state index contributed by atoms with van der Waals surface area (Å²) in [5.41, 5.74) is 0. The third kappa shape index (κ3) is 9.94. The van der Waals surface area contributed by atoms with Gasteiger partial charge < -0.3 is 0 Å². The van der Waals surface area contributed by atoms with E-state index in [0.717, 1.165) is 101 Å². The molecular formula is C56H97N5. The van der Waals surface area contributed by atoms with Gasteiger partial charge in [0, 0.05) is 30.2 Å². The van der Waals surface area contributed by atoms with Crippen LogP contribution in [0, 0.1) is 71.0 Å². The molecule has 4 N–H and O–H groups in total. The third-order valence-corrected chi connectivity index (χ3v) is 22.0. The number of nitrogens with one attached hydrogen (secondary N) is 4. The SMILES string of the molecule is C1CCC(C2CC(C3CCCCC3)NC(C3CC(C4CCC(C5CC6CCCN7CCCC(C5)C67)CC4)CC(C4NC(C5CCCCC5)CC(C5CCCCC5)N4)C3)N2)CC1. The summed E-state index contributed by atoms with van der Waals surface area (Å²) >= 11 is 0. The van der Waals surface area contributed by atoms with Crippen molar-refractivity contribution in [3.63, 3.8) is 0 Å². The van der Waals surface area contributed by atoms with Crippen LogP contribution in [-0.4, -0.2) is 60.5 Å². The van der Waals surface area contributed by atoms with Gasteiger partial charge in [0.2, 0.25) is 0 Å². The molecule has 11 rings (SSSR count). The van der Waals surface area contributed by atoms with Crippen LogP contribution in [-0.2, 0) is 0 Å². The van der Waals surface area contributed by atoms with Crippen LogP contribution in [0.4, 0.5) is 0 Å². The molecule has 0 aromatic rings. The van der Waals surface area contributed by atoms with Gasteiger partial charge in [0.15, 0.2) is 0 Å². The molecule has 61 heavy (non-hydrogen) atoms. The normalized spacial score (nSPS) is 47.1. The molecule has 0 amide bonds. The topological polar surface area (TPSA) is 51.4 Å². The highest BCUT2D eigenvalue weighted by atomic mass is 15.2. The molecule has 5 heteroatoms. The van der Waals surface area contributed by atoms with Gasteiger partial charge in [-0.25, -0.2) is 0 Å². The minimum Gasteiger partial charge on any atom is -0.300 e. The van der Waals surface area contributed by atoms with E-state index < -0.39 is 0 Å². The average Bonchev–Trinajstić information content (AvgIpc) is 3.35. The third-order valence-electron chi connectivity index (χ3n) is 22.0. The second-order valence-electron chi connectivity index (χ2n) is 25.3. The zero-order chi connectivity index (χ0) is 40.5. The van der Waals surface area contributed by atoms with Crippen LogP contribution in [0.1, 0.15) is 225 Å². The Hall–Kier alpha value is -0.200. The number of nitrogens with zero attached hydrogens (tertiary/aromatic N) is 1. The summed E-state index contributed by atoms with van der Waals surface area (Å²) in [5, 5.41) is 18.3. The highest BCUT2D eigenvalue weighted by molar-refractivity contribution is 5.04.